The van der Waals surface area contributed by atoms with Crippen molar-refractivity contribution in [1.29, 1.82) is 0 Å². The summed E-state index contributed by atoms with van der Waals surface area (Å²) in [5.74, 6) is 0.335. The van der Waals surface area contributed by atoms with E-state index < -0.39 is 0 Å². The molecule has 0 amide bonds. The Morgan fingerprint density at radius 2 is 1.65 bits per heavy atom. The van der Waals surface area contributed by atoms with Gasteiger partial charge in [0.25, 0.3) is 0 Å². The van der Waals surface area contributed by atoms with E-state index in [2.05, 4.69) is 20.3 Å². The molecule has 2 aromatic rings. The van der Waals surface area contributed by atoms with Gasteiger partial charge >= 0.3 is 12.0 Å². The maximum atomic E-state index is 5.94. The highest BCUT2D eigenvalue weighted by Gasteiger charge is 2.10. The Bertz CT molecular complexity index is 566. The van der Waals surface area contributed by atoms with E-state index in [1.165, 1.54) is 14.2 Å². The zero-order chi connectivity index (χ0) is 14.5. The lowest BCUT2D eigenvalue weighted by atomic mass is 10.1. The first-order valence-electron chi connectivity index (χ1n) is 6.09. The molecule has 20 heavy (non-hydrogen) atoms. The van der Waals surface area contributed by atoms with Gasteiger partial charge in [0.1, 0.15) is 0 Å². The Hall–Kier alpha value is -2.41. The number of anilines is 2. The second kappa shape index (κ2) is 6.16. The molecule has 0 fully saturated rings. The molecule has 3 N–H and O–H groups in total. The van der Waals surface area contributed by atoms with Crippen molar-refractivity contribution < 1.29 is 9.47 Å². The van der Waals surface area contributed by atoms with Crippen LogP contribution >= 0.6 is 0 Å². The highest BCUT2D eigenvalue weighted by Crippen LogP contribution is 2.24. The Morgan fingerprint density at radius 3 is 2.20 bits per heavy atom. The number of rotatable bonds is 5. The molecule has 0 saturated carbocycles. The second-order valence-electron chi connectivity index (χ2n) is 4.13. The third kappa shape index (κ3) is 3.12. The summed E-state index contributed by atoms with van der Waals surface area (Å²) in [5, 5.41) is 3.10. The molecule has 1 aromatic heterocycles. The van der Waals surface area contributed by atoms with Gasteiger partial charge in [-0.2, -0.15) is 9.97 Å². The quantitative estimate of drug-likeness (QED) is 0.856. The van der Waals surface area contributed by atoms with Crippen molar-refractivity contribution in [3.05, 3.63) is 29.8 Å². The van der Waals surface area contributed by atoms with Gasteiger partial charge in [-0.15, -0.1) is 4.98 Å². The first kappa shape index (κ1) is 14.0. The highest BCUT2D eigenvalue weighted by molar-refractivity contribution is 5.59. The molecular weight excluding hydrogens is 258 g/mol. The Labute approximate surface area is 117 Å². The van der Waals surface area contributed by atoms with Crippen molar-refractivity contribution in [2.75, 3.05) is 19.5 Å². The van der Waals surface area contributed by atoms with Crippen molar-refractivity contribution in [3.63, 3.8) is 0 Å². The number of aromatic nitrogens is 3. The summed E-state index contributed by atoms with van der Waals surface area (Å²) in [6, 6.07) is 7.94. The monoisotopic (exact) mass is 275 g/mol. The van der Waals surface area contributed by atoms with E-state index >= 15 is 0 Å². The molecule has 0 radical (unpaired) electrons. The van der Waals surface area contributed by atoms with E-state index in [1.807, 2.05) is 31.2 Å². The number of methoxy groups -OCH3 is 2. The lowest BCUT2D eigenvalue weighted by Gasteiger charge is -2.13. The lowest BCUT2D eigenvalue weighted by Crippen LogP contribution is -2.09. The number of para-hydroxylation sites is 1. The molecule has 0 bridgehead atoms. The fourth-order valence-corrected chi connectivity index (χ4v) is 1.70. The molecule has 0 aliphatic heterocycles. The maximum absolute atomic E-state index is 5.94. The third-order valence-electron chi connectivity index (χ3n) is 2.66. The summed E-state index contributed by atoms with van der Waals surface area (Å²) in [6.45, 7) is 1.91. The van der Waals surface area contributed by atoms with Crippen molar-refractivity contribution in [2.45, 2.75) is 13.0 Å². The largest absolute Gasteiger partial charge is 0.467 e. The first-order valence-corrected chi connectivity index (χ1v) is 6.09. The number of hydrogen-bond acceptors (Lipinski definition) is 7. The standard InChI is InChI=1S/C13H17N5O2/c1-8(14)9-6-4-5-7-10(9)15-11-16-12(19-2)18-13(17-11)20-3/h4-8H,14H2,1-3H3,(H,15,16,17,18). The minimum absolute atomic E-state index is 0.107. The normalized spacial score (nSPS) is 11.8. The Morgan fingerprint density at radius 1 is 1.05 bits per heavy atom. The van der Waals surface area contributed by atoms with Gasteiger partial charge in [0.05, 0.1) is 14.2 Å². The van der Waals surface area contributed by atoms with Gasteiger partial charge in [-0.25, -0.2) is 0 Å². The predicted molar refractivity (Wildman–Crippen MR) is 75.3 cm³/mol. The van der Waals surface area contributed by atoms with Crippen LogP contribution in [0.2, 0.25) is 0 Å². The zero-order valence-corrected chi connectivity index (χ0v) is 11.6. The molecule has 0 saturated heterocycles. The number of nitrogens with zero attached hydrogens (tertiary/aromatic N) is 3. The van der Waals surface area contributed by atoms with E-state index in [4.69, 9.17) is 15.2 Å². The second-order valence-corrected chi connectivity index (χ2v) is 4.13. The van der Waals surface area contributed by atoms with Gasteiger partial charge < -0.3 is 20.5 Å². The highest BCUT2D eigenvalue weighted by atomic mass is 16.5. The molecule has 1 atom stereocenters. The fourth-order valence-electron chi connectivity index (χ4n) is 1.70. The predicted octanol–water partition coefficient (Wildman–Crippen LogP) is 1.65. The molecular formula is C13H17N5O2. The van der Waals surface area contributed by atoms with E-state index in [-0.39, 0.29) is 18.1 Å². The Balaban J connectivity index is 2.34. The van der Waals surface area contributed by atoms with Crippen LogP contribution < -0.4 is 20.5 Å². The van der Waals surface area contributed by atoms with E-state index in [0.717, 1.165) is 11.3 Å². The van der Waals surface area contributed by atoms with Crippen LogP contribution in [-0.4, -0.2) is 29.2 Å². The van der Waals surface area contributed by atoms with Crippen LogP contribution in [0.4, 0.5) is 11.6 Å². The van der Waals surface area contributed by atoms with Crippen LogP contribution in [0.25, 0.3) is 0 Å². The lowest BCUT2D eigenvalue weighted by molar-refractivity contribution is 0.341. The number of ether oxygens (including phenoxy) is 2. The summed E-state index contributed by atoms with van der Waals surface area (Å²) >= 11 is 0. The number of nitrogens with two attached hydrogens (primary N) is 1. The number of nitrogens with one attached hydrogen (secondary N) is 1. The molecule has 2 rings (SSSR count). The Kier molecular flexibility index (Phi) is 4.31. The molecule has 1 aromatic carbocycles. The van der Waals surface area contributed by atoms with E-state index in [0.29, 0.717) is 5.95 Å². The van der Waals surface area contributed by atoms with Crippen molar-refractivity contribution in [3.8, 4) is 12.0 Å². The summed E-state index contributed by atoms with van der Waals surface area (Å²) in [5.41, 5.74) is 7.73. The molecule has 106 valence electrons. The van der Waals surface area contributed by atoms with Crippen LogP contribution in [0.5, 0.6) is 12.0 Å². The SMILES string of the molecule is COc1nc(Nc2ccccc2C(C)N)nc(OC)n1. The topological polar surface area (TPSA) is 95.2 Å². The van der Waals surface area contributed by atoms with E-state index in [1.54, 1.807) is 0 Å². The van der Waals surface area contributed by atoms with E-state index in [9.17, 15) is 0 Å². The van der Waals surface area contributed by atoms with Crippen molar-refractivity contribution in [1.82, 2.24) is 15.0 Å². The molecule has 7 nitrogen and oxygen atoms in total. The molecule has 0 aliphatic carbocycles. The average Bonchev–Trinajstić information content (AvgIpc) is 2.47. The minimum atomic E-state index is -0.107. The van der Waals surface area contributed by atoms with Crippen molar-refractivity contribution >= 4 is 11.6 Å². The number of hydrogen-bond donors (Lipinski definition) is 2. The van der Waals surface area contributed by atoms with Gasteiger partial charge in [0.2, 0.25) is 5.95 Å². The molecule has 7 heteroatoms. The van der Waals surface area contributed by atoms with Crippen LogP contribution in [-0.2, 0) is 0 Å². The number of benzene rings is 1. The van der Waals surface area contributed by atoms with Gasteiger partial charge in [0, 0.05) is 11.7 Å². The molecule has 1 unspecified atom stereocenters. The van der Waals surface area contributed by atoms with Crippen LogP contribution in [0.1, 0.15) is 18.5 Å². The third-order valence-corrected chi connectivity index (χ3v) is 2.66. The molecule has 0 spiro atoms. The van der Waals surface area contributed by atoms with Crippen LogP contribution in [0.3, 0.4) is 0 Å². The van der Waals surface area contributed by atoms with Gasteiger partial charge in [-0.3, -0.25) is 0 Å². The van der Waals surface area contributed by atoms with Crippen LogP contribution in [0.15, 0.2) is 24.3 Å². The smallest absolute Gasteiger partial charge is 0.324 e. The fraction of sp³-hybridized carbons (Fsp3) is 0.308. The molecule has 1 heterocycles. The van der Waals surface area contributed by atoms with Gasteiger partial charge in [-0.1, -0.05) is 18.2 Å². The van der Waals surface area contributed by atoms with Gasteiger partial charge in [0.15, 0.2) is 0 Å². The van der Waals surface area contributed by atoms with Crippen LogP contribution in [0, 0.1) is 0 Å². The summed E-state index contributed by atoms with van der Waals surface area (Å²) in [4.78, 5) is 12.2. The summed E-state index contributed by atoms with van der Waals surface area (Å²) in [6.07, 6.45) is 0. The maximum Gasteiger partial charge on any atom is 0.324 e. The summed E-state index contributed by atoms with van der Waals surface area (Å²) < 4.78 is 10.0. The summed E-state index contributed by atoms with van der Waals surface area (Å²) in [7, 11) is 2.96. The van der Waals surface area contributed by atoms with Crippen molar-refractivity contribution in [2.24, 2.45) is 5.73 Å². The van der Waals surface area contributed by atoms with Gasteiger partial charge in [-0.05, 0) is 18.6 Å². The average molecular weight is 275 g/mol. The first-order chi connectivity index (χ1) is 9.63. The minimum Gasteiger partial charge on any atom is -0.467 e. The zero-order valence-electron chi connectivity index (χ0n) is 11.6. The molecule has 0 aliphatic rings.